The number of carbonyl (C=O) groups excluding carboxylic acids is 1. The summed E-state index contributed by atoms with van der Waals surface area (Å²) in [6.07, 6.45) is 0. The minimum atomic E-state index is -0.125. The summed E-state index contributed by atoms with van der Waals surface area (Å²) in [7, 11) is 1.58. The summed E-state index contributed by atoms with van der Waals surface area (Å²) in [4.78, 5) is 12.4. The van der Waals surface area contributed by atoms with Gasteiger partial charge in [0.05, 0.1) is 30.2 Å². The summed E-state index contributed by atoms with van der Waals surface area (Å²) in [5.41, 5.74) is 3.71. The molecule has 0 radical (unpaired) electrons. The van der Waals surface area contributed by atoms with Crippen LogP contribution in [0.25, 0.3) is 21.9 Å². The van der Waals surface area contributed by atoms with Crippen LogP contribution in [0.4, 0.5) is 5.69 Å². The number of nitrogens with zero attached hydrogens (tertiary/aromatic N) is 1. The van der Waals surface area contributed by atoms with E-state index in [-0.39, 0.29) is 11.7 Å². The Kier molecular flexibility index (Phi) is 5.41. The van der Waals surface area contributed by atoms with Gasteiger partial charge < -0.3 is 14.5 Å². The molecule has 0 aliphatic rings. The highest BCUT2D eigenvalue weighted by atomic mass is 32.2. The van der Waals surface area contributed by atoms with E-state index in [1.165, 1.54) is 11.8 Å². The van der Waals surface area contributed by atoms with Crippen molar-refractivity contribution in [1.82, 2.24) is 0 Å². The zero-order valence-corrected chi connectivity index (χ0v) is 16.6. The fraction of sp³-hybridized carbons (Fsp3) is 0.130. The van der Waals surface area contributed by atoms with E-state index in [2.05, 4.69) is 11.4 Å². The van der Waals surface area contributed by atoms with Gasteiger partial charge in [0.2, 0.25) is 5.91 Å². The smallest absolute Gasteiger partial charge is 0.234 e. The minimum Gasteiger partial charge on any atom is -0.495 e. The fourth-order valence-corrected chi connectivity index (χ4v) is 3.97. The van der Waals surface area contributed by atoms with Crippen molar-refractivity contribution in [2.75, 3.05) is 18.2 Å². The lowest BCUT2D eigenvalue weighted by molar-refractivity contribution is -0.113. The quantitative estimate of drug-likeness (QED) is 0.471. The van der Waals surface area contributed by atoms with E-state index in [0.717, 1.165) is 21.9 Å². The maximum absolute atomic E-state index is 12.4. The number of amides is 1. The van der Waals surface area contributed by atoms with Crippen LogP contribution in [-0.4, -0.2) is 18.8 Å². The van der Waals surface area contributed by atoms with Gasteiger partial charge in [-0.1, -0.05) is 30.3 Å². The van der Waals surface area contributed by atoms with Crippen LogP contribution in [0, 0.1) is 11.3 Å². The lowest BCUT2D eigenvalue weighted by Crippen LogP contribution is -2.14. The molecule has 29 heavy (non-hydrogen) atoms. The Hall–Kier alpha value is -3.43. The number of methoxy groups -OCH3 is 1. The van der Waals surface area contributed by atoms with E-state index in [4.69, 9.17) is 14.4 Å². The first kappa shape index (κ1) is 18.9. The van der Waals surface area contributed by atoms with Crippen LogP contribution in [0.3, 0.4) is 0 Å². The zero-order valence-electron chi connectivity index (χ0n) is 15.8. The lowest BCUT2D eigenvalue weighted by Gasteiger charge is -2.10. The molecule has 1 N–H and O–H groups in total. The van der Waals surface area contributed by atoms with Crippen LogP contribution in [0.2, 0.25) is 0 Å². The minimum absolute atomic E-state index is 0.125. The van der Waals surface area contributed by atoms with Gasteiger partial charge in [0.15, 0.2) is 0 Å². The molecule has 0 bridgehead atoms. The largest absolute Gasteiger partial charge is 0.495 e. The van der Waals surface area contributed by atoms with E-state index in [0.29, 0.717) is 28.3 Å². The average Bonchev–Trinajstić information content (AvgIpc) is 3.10. The third-order valence-electron chi connectivity index (χ3n) is 4.53. The maximum Gasteiger partial charge on any atom is 0.234 e. The van der Waals surface area contributed by atoms with Gasteiger partial charge in [-0.15, -0.1) is 11.8 Å². The predicted molar refractivity (Wildman–Crippen MR) is 116 cm³/mol. The number of nitriles is 1. The van der Waals surface area contributed by atoms with E-state index in [1.807, 2.05) is 48.5 Å². The normalized spacial score (nSPS) is 10.8. The SMILES string of the molecule is COc1cc2c(cc1NC(=O)CSCc1cccc(C#N)c1)oc1ccccc12. The Morgan fingerprint density at radius 1 is 1.10 bits per heavy atom. The summed E-state index contributed by atoms with van der Waals surface area (Å²) in [5.74, 6) is 1.41. The van der Waals surface area contributed by atoms with Crippen LogP contribution in [0.5, 0.6) is 5.75 Å². The van der Waals surface area contributed by atoms with Gasteiger partial charge in [-0.3, -0.25) is 4.79 Å². The van der Waals surface area contributed by atoms with Gasteiger partial charge in [-0.05, 0) is 29.8 Å². The van der Waals surface area contributed by atoms with Crippen molar-refractivity contribution >= 4 is 45.3 Å². The highest BCUT2D eigenvalue weighted by Gasteiger charge is 2.14. The van der Waals surface area contributed by atoms with Crippen molar-refractivity contribution in [1.29, 1.82) is 5.26 Å². The first-order valence-electron chi connectivity index (χ1n) is 9.04. The molecule has 4 aromatic rings. The monoisotopic (exact) mass is 402 g/mol. The summed E-state index contributed by atoms with van der Waals surface area (Å²) < 4.78 is 11.4. The molecule has 0 saturated carbocycles. The third kappa shape index (κ3) is 4.05. The Balaban J connectivity index is 1.47. The van der Waals surface area contributed by atoms with Crippen molar-refractivity contribution in [3.05, 3.63) is 71.8 Å². The van der Waals surface area contributed by atoms with Gasteiger partial charge >= 0.3 is 0 Å². The number of anilines is 1. The number of thioether (sulfide) groups is 1. The van der Waals surface area contributed by atoms with Crippen molar-refractivity contribution in [3.63, 3.8) is 0 Å². The van der Waals surface area contributed by atoms with Crippen molar-refractivity contribution in [3.8, 4) is 11.8 Å². The van der Waals surface area contributed by atoms with E-state index in [9.17, 15) is 4.79 Å². The standard InChI is InChI=1S/C23H18N2O3S/c1-27-22-10-18-17-7-2-3-8-20(17)28-21(18)11-19(22)25-23(26)14-29-13-16-6-4-5-15(9-16)12-24/h2-11H,13-14H2,1H3,(H,25,26). The second kappa shape index (κ2) is 8.29. The number of nitrogens with one attached hydrogen (secondary N) is 1. The van der Waals surface area contributed by atoms with Crippen molar-refractivity contribution in [2.24, 2.45) is 0 Å². The van der Waals surface area contributed by atoms with E-state index >= 15 is 0 Å². The molecule has 1 amide bonds. The molecule has 0 atom stereocenters. The predicted octanol–water partition coefficient (Wildman–Crippen LogP) is 5.34. The fourth-order valence-electron chi connectivity index (χ4n) is 3.20. The molecule has 0 spiro atoms. The van der Waals surface area contributed by atoms with Gasteiger partial charge in [0, 0.05) is 22.6 Å². The number of para-hydroxylation sites is 1. The van der Waals surface area contributed by atoms with E-state index in [1.54, 1.807) is 19.2 Å². The zero-order chi connectivity index (χ0) is 20.2. The number of benzene rings is 3. The van der Waals surface area contributed by atoms with Crippen LogP contribution >= 0.6 is 11.8 Å². The Morgan fingerprint density at radius 2 is 1.97 bits per heavy atom. The lowest BCUT2D eigenvalue weighted by atomic mass is 10.1. The van der Waals surface area contributed by atoms with Crippen LogP contribution in [0.1, 0.15) is 11.1 Å². The van der Waals surface area contributed by atoms with Crippen LogP contribution in [0.15, 0.2) is 65.1 Å². The molecule has 144 valence electrons. The first-order chi connectivity index (χ1) is 14.2. The highest BCUT2D eigenvalue weighted by Crippen LogP contribution is 2.36. The molecule has 0 unspecified atom stereocenters. The topological polar surface area (TPSA) is 75.3 Å². The molecule has 0 fully saturated rings. The molecule has 0 saturated heterocycles. The molecule has 0 aliphatic carbocycles. The maximum atomic E-state index is 12.4. The number of furan rings is 1. The molecule has 1 heterocycles. The third-order valence-corrected chi connectivity index (χ3v) is 5.53. The van der Waals surface area contributed by atoms with Crippen molar-refractivity contribution in [2.45, 2.75) is 5.75 Å². The Bertz CT molecular complexity index is 1240. The number of hydrogen-bond acceptors (Lipinski definition) is 5. The Labute approximate surface area is 172 Å². The second-order valence-corrected chi connectivity index (χ2v) is 7.49. The molecule has 1 aromatic heterocycles. The summed E-state index contributed by atoms with van der Waals surface area (Å²) in [6.45, 7) is 0. The average molecular weight is 402 g/mol. The van der Waals surface area contributed by atoms with Gasteiger partial charge in [-0.2, -0.15) is 5.26 Å². The molecular formula is C23H18N2O3S. The molecular weight excluding hydrogens is 384 g/mol. The van der Waals surface area contributed by atoms with Gasteiger partial charge in [-0.25, -0.2) is 0 Å². The number of ether oxygens (including phenoxy) is 1. The summed E-state index contributed by atoms with van der Waals surface area (Å²) in [6, 6.07) is 21.0. The van der Waals surface area contributed by atoms with Gasteiger partial charge in [0.1, 0.15) is 16.9 Å². The number of carbonyl (C=O) groups is 1. The highest BCUT2D eigenvalue weighted by molar-refractivity contribution is 7.99. The number of rotatable bonds is 6. The molecule has 6 heteroatoms. The molecule has 4 rings (SSSR count). The van der Waals surface area contributed by atoms with Gasteiger partial charge in [0.25, 0.3) is 0 Å². The molecule has 0 aliphatic heterocycles. The number of hydrogen-bond donors (Lipinski definition) is 1. The first-order valence-corrected chi connectivity index (χ1v) is 10.2. The number of fused-ring (bicyclic) bond motifs is 3. The molecule has 5 nitrogen and oxygen atoms in total. The molecule has 3 aromatic carbocycles. The van der Waals surface area contributed by atoms with E-state index < -0.39 is 0 Å². The second-order valence-electron chi connectivity index (χ2n) is 6.50. The van der Waals surface area contributed by atoms with Crippen molar-refractivity contribution < 1.29 is 13.9 Å². The van der Waals surface area contributed by atoms with Crippen LogP contribution in [-0.2, 0) is 10.5 Å². The summed E-state index contributed by atoms with van der Waals surface area (Å²) >= 11 is 1.49. The summed E-state index contributed by atoms with van der Waals surface area (Å²) in [5, 5.41) is 13.8. The Morgan fingerprint density at radius 3 is 2.79 bits per heavy atom. The van der Waals surface area contributed by atoms with Crippen LogP contribution < -0.4 is 10.1 Å².